The second kappa shape index (κ2) is 4.05. The van der Waals surface area contributed by atoms with Gasteiger partial charge in [-0.05, 0) is 24.1 Å². The molecule has 1 unspecified atom stereocenters. The van der Waals surface area contributed by atoms with Gasteiger partial charge in [0.05, 0.1) is 11.7 Å². The number of hydrogen-bond donors (Lipinski definition) is 2. The largest absolute Gasteiger partial charge is 0.342 e. The molecule has 0 aromatic heterocycles. The first kappa shape index (κ1) is 11.7. The number of carbonyl (C=O) groups is 1. The second-order valence-electron chi connectivity index (χ2n) is 4.13. The summed E-state index contributed by atoms with van der Waals surface area (Å²) in [5.74, 6) is 0.881. The van der Waals surface area contributed by atoms with E-state index in [1.165, 1.54) is 0 Å². The van der Waals surface area contributed by atoms with Crippen LogP contribution in [0.2, 0.25) is 10.0 Å². The van der Waals surface area contributed by atoms with E-state index >= 15 is 0 Å². The number of hydrogen-bond acceptors (Lipinski definition) is 3. The van der Waals surface area contributed by atoms with Crippen LogP contribution >= 0.6 is 35.0 Å². The van der Waals surface area contributed by atoms with Crippen LogP contribution in [0.25, 0.3) is 0 Å². The Labute approximate surface area is 113 Å². The van der Waals surface area contributed by atoms with Crippen molar-refractivity contribution < 1.29 is 4.79 Å². The van der Waals surface area contributed by atoms with Gasteiger partial charge in [0.25, 0.3) is 0 Å². The zero-order chi connectivity index (χ0) is 12.0. The number of amides is 1. The van der Waals surface area contributed by atoms with Crippen LogP contribution in [0.15, 0.2) is 17.0 Å². The summed E-state index contributed by atoms with van der Waals surface area (Å²) in [5, 5.41) is 7.25. The molecule has 3 rings (SSSR count). The lowest BCUT2D eigenvalue weighted by Crippen LogP contribution is -2.45. The molecular formula is C11H10Cl2N2OS. The molecule has 2 N–H and O–H groups in total. The van der Waals surface area contributed by atoms with Crippen molar-refractivity contribution in [2.45, 2.75) is 16.9 Å². The molecule has 1 amide bonds. The van der Waals surface area contributed by atoms with Crippen LogP contribution in [0.3, 0.4) is 0 Å². The summed E-state index contributed by atoms with van der Waals surface area (Å²) in [7, 11) is 0. The van der Waals surface area contributed by atoms with Gasteiger partial charge in [-0.25, -0.2) is 0 Å². The molecule has 0 radical (unpaired) electrons. The molecule has 2 aliphatic rings. The molecule has 1 fully saturated rings. The number of fused-ring (bicyclic) bond motifs is 2. The topological polar surface area (TPSA) is 41.1 Å². The van der Waals surface area contributed by atoms with E-state index in [9.17, 15) is 4.79 Å². The molecule has 2 aliphatic heterocycles. The van der Waals surface area contributed by atoms with E-state index in [2.05, 4.69) is 10.6 Å². The minimum atomic E-state index is -0.644. The number of nitrogens with one attached hydrogen (secondary N) is 2. The van der Waals surface area contributed by atoms with E-state index in [-0.39, 0.29) is 5.91 Å². The van der Waals surface area contributed by atoms with Gasteiger partial charge in [-0.1, -0.05) is 23.2 Å². The zero-order valence-corrected chi connectivity index (χ0v) is 11.2. The van der Waals surface area contributed by atoms with E-state index in [1.807, 2.05) is 6.07 Å². The summed E-state index contributed by atoms with van der Waals surface area (Å²) in [4.78, 5) is 13.0. The molecule has 6 heteroatoms. The van der Waals surface area contributed by atoms with E-state index in [0.717, 1.165) is 22.6 Å². The highest BCUT2D eigenvalue weighted by Crippen LogP contribution is 2.46. The minimum Gasteiger partial charge on any atom is -0.342 e. The highest BCUT2D eigenvalue weighted by Gasteiger charge is 2.47. The van der Waals surface area contributed by atoms with Crippen LogP contribution in [0.5, 0.6) is 0 Å². The lowest BCUT2D eigenvalue weighted by molar-refractivity contribution is -0.124. The molecule has 1 saturated heterocycles. The molecule has 1 spiro atoms. The highest BCUT2D eigenvalue weighted by molar-refractivity contribution is 7.99. The molecule has 1 aromatic rings. The highest BCUT2D eigenvalue weighted by atomic mass is 35.5. The third-order valence-electron chi connectivity index (χ3n) is 3.22. The van der Waals surface area contributed by atoms with Gasteiger partial charge in [0.2, 0.25) is 5.91 Å². The van der Waals surface area contributed by atoms with Crippen LogP contribution in [0, 0.1) is 0 Å². The molecule has 0 saturated carbocycles. The first-order valence-corrected chi connectivity index (χ1v) is 7.03. The predicted octanol–water partition coefficient (Wildman–Crippen LogP) is 2.36. The van der Waals surface area contributed by atoms with Crippen LogP contribution in [-0.4, -0.2) is 18.3 Å². The first-order valence-electron chi connectivity index (χ1n) is 5.29. The van der Waals surface area contributed by atoms with E-state index in [1.54, 1.807) is 17.8 Å². The van der Waals surface area contributed by atoms with Gasteiger partial charge in [-0.3, -0.25) is 10.1 Å². The van der Waals surface area contributed by atoms with Crippen molar-refractivity contribution in [3.8, 4) is 0 Å². The summed E-state index contributed by atoms with van der Waals surface area (Å²) in [6.45, 7) is 0.493. The van der Waals surface area contributed by atoms with Gasteiger partial charge < -0.3 is 5.32 Å². The van der Waals surface area contributed by atoms with Crippen LogP contribution < -0.4 is 10.6 Å². The summed E-state index contributed by atoms with van der Waals surface area (Å²) < 4.78 is 0. The average molecular weight is 289 g/mol. The molecule has 0 bridgehead atoms. The van der Waals surface area contributed by atoms with Crippen molar-refractivity contribution in [1.29, 1.82) is 0 Å². The fourth-order valence-corrected chi connectivity index (χ4v) is 4.25. The lowest BCUT2D eigenvalue weighted by Gasteiger charge is -2.33. The van der Waals surface area contributed by atoms with Crippen LogP contribution in [0.4, 0.5) is 0 Å². The molecule has 3 nitrogen and oxygen atoms in total. The normalized spacial score (nSPS) is 27.1. The Hall–Kier alpha value is -0.420. The van der Waals surface area contributed by atoms with Gasteiger partial charge in [-0.2, -0.15) is 0 Å². The van der Waals surface area contributed by atoms with Gasteiger partial charge in [0.15, 0.2) is 0 Å². The fourth-order valence-electron chi connectivity index (χ4n) is 2.39. The maximum Gasteiger partial charge on any atom is 0.246 e. The monoisotopic (exact) mass is 288 g/mol. The van der Waals surface area contributed by atoms with E-state index < -0.39 is 5.54 Å². The molecule has 90 valence electrons. The van der Waals surface area contributed by atoms with Gasteiger partial charge in [0.1, 0.15) is 5.54 Å². The molecule has 2 heterocycles. The lowest BCUT2D eigenvalue weighted by atomic mass is 9.87. The molecule has 1 aromatic carbocycles. The molecular weight excluding hydrogens is 279 g/mol. The van der Waals surface area contributed by atoms with Crippen molar-refractivity contribution in [2.24, 2.45) is 0 Å². The number of benzene rings is 1. The summed E-state index contributed by atoms with van der Waals surface area (Å²) in [6, 6.07) is 3.56. The van der Waals surface area contributed by atoms with Gasteiger partial charge in [-0.15, -0.1) is 11.8 Å². The smallest absolute Gasteiger partial charge is 0.246 e. The summed E-state index contributed by atoms with van der Waals surface area (Å²) >= 11 is 13.9. The number of thioether (sulfide) groups is 1. The van der Waals surface area contributed by atoms with Crippen molar-refractivity contribution in [2.75, 3.05) is 12.4 Å². The number of rotatable bonds is 0. The van der Waals surface area contributed by atoms with Gasteiger partial charge in [0, 0.05) is 15.7 Å². The zero-order valence-electron chi connectivity index (χ0n) is 8.85. The first-order chi connectivity index (χ1) is 8.13. The van der Waals surface area contributed by atoms with E-state index in [4.69, 9.17) is 23.2 Å². The third-order valence-corrected chi connectivity index (χ3v) is 4.98. The Morgan fingerprint density at radius 2 is 2.18 bits per heavy atom. The number of halogens is 2. The Morgan fingerprint density at radius 3 is 2.88 bits per heavy atom. The van der Waals surface area contributed by atoms with Crippen LogP contribution in [0.1, 0.15) is 12.0 Å². The minimum absolute atomic E-state index is 0.0115. The quantitative estimate of drug-likeness (QED) is 0.770. The van der Waals surface area contributed by atoms with Crippen molar-refractivity contribution in [3.05, 3.63) is 27.7 Å². The van der Waals surface area contributed by atoms with E-state index in [0.29, 0.717) is 16.7 Å². The maximum atomic E-state index is 12.1. The fraction of sp³-hybridized carbons (Fsp3) is 0.364. The van der Waals surface area contributed by atoms with Gasteiger partial charge >= 0.3 is 0 Å². The van der Waals surface area contributed by atoms with Crippen molar-refractivity contribution >= 4 is 40.9 Å². The maximum absolute atomic E-state index is 12.1. The van der Waals surface area contributed by atoms with Crippen molar-refractivity contribution in [1.82, 2.24) is 10.6 Å². The third kappa shape index (κ3) is 1.66. The molecule has 17 heavy (non-hydrogen) atoms. The Morgan fingerprint density at radius 1 is 1.35 bits per heavy atom. The molecule has 1 atom stereocenters. The molecule has 0 aliphatic carbocycles. The van der Waals surface area contributed by atoms with Crippen LogP contribution in [-0.2, 0) is 10.3 Å². The summed E-state index contributed by atoms with van der Waals surface area (Å²) in [5.41, 5.74) is 0.260. The second-order valence-corrected chi connectivity index (χ2v) is 6.08. The average Bonchev–Trinajstić information content (AvgIpc) is 2.63. The standard InChI is InChI=1S/C11H10Cl2N2OS/c12-6-3-7-9(8(13)4-6)17-2-1-11(7)10(16)14-5-15-11/h3-4,15H,1-2,5H2,(H,14,16). The number of carbonyl (C=O) groups excluding carboxylic acids is 1. The Bertz CT molecular complexity index is 508. The summed E-state index contributed by atoms with van der Waals surface area (Å²) in [6.07, 6.45) is 0.757. The predicted molar refractivity (Wildman–Crippen MR) is 69.6 cm³/mol. The SMILES string of the molecule is O=C1NCNC12CCSc1c(Cl)cc(Cl)cc12. The van der Waals surface area contributed by atoms with Crippen molar-refractivity contribution in [3.63, 3.8) is 0 Å². The Balaban J connectivity index is 2.23. The Kier molecular flexibility index (Phi) is 2.78.